The average molecular weight is 329 g/mol. The van der Waals surface area contributed by atoms with Crippen molar-refractivity contribution in [3.8, 4) is 0 Å². The maximum atomic E-state index is 12.7. The second-order valence-electron chi connectivity index (χ2n) is 6.72. The normalized spacial score (nSPS) is 17.0. The number of rotatable bonds is 6. The van der Waals surface area contributed by atoms with Gasteiger partial charge in [0.15, 0.2) is 0 Å². The monoisotopic (exact) mass is 329 g/mol. The zero-order chi connectivity index (χ0) is 15.6. The van der Waals surface area contributed by atoms with E-state index in [2.05, 4.69) is 31.9 Å². The Balaban J connectivity index is 1.39. The number of nitrogens with zero attached hydrogens (tertiary/aromatic N) is 2. The Hall–Kier alpha value is -1.62. The minimum absolute atomic E-state index is 0.284. The van der Waals surface area contributed by atoms with Gasteiger partial charge in [-0.3, -0.25) is 9.89 Å². The van der Waals surface area contributed by atoms with Gasteiger partial charge in [-0.2, -0.15) is 16.4 Å². The highest BCUT2D eigenvalue weighted by atomic mass is 32.1. The lowest BCUT2D eigenvalue weighted by Gasteiger charge is -2.22. The molecule has 23 heavy (non-hydrogen) atoms. The van der Waals surface area contributed by atoms with Crippen molar-refractivity contribution in [1.29, 1.82) is 0 Å². The Kier molecular flexibility index (Phi) is 4.21. The number of amides is 1. The van der Waals surface area contributed by atoms with Crippen LogP contribution in [0.4, 0.5) is 0 Å². The molecule has 2 aromatic rings. The van der Waals surface area contributed by atoms with Crippen LogP contribution in [0.25, 0.3) is 0 Å². The number of nitrogens with one attached hydrogen (secondary N) is 1. The molecular formula is C18H23N3OS. The van der Waals surface area contributed by atoms with E-state index in [4.69, 9.17) is 0 Å². The zero-order valence-corrected chi connectivity index (χ0v) is 14.2. The van der Waals surface area contributed by atoms with Gasteiger partial charge in [0.25, 0.3) is 0 Å². The van der Waals surface area contributed by atoms with Gasteiger partial charge >= 0.3 is 0 Å². The summed E-state index contributed by atoms with van der Waals surface area (Å²) < 4.78 is 0. The first-order valence-electron chi connectivity index (χ1n) is 8.67. The molecule has 5 heteroatoms. The number of fused-ring (bicyclic) bond motifs is 1. The van der Waals surface area contributed by atoms with E-state index in [0.717, 1.165) is 44.3 Å². The molecule has 2 aliphatic carbocycles. The molecule has 0 spiro atoms. The number of aryl methyl sites for hydroxylation is 2. The maximum absolute atomic E-state index is 12.7. The summed E-state index contributed by atoms with van der Waals surface area (Å²) in [7, 11) is 0. The molecule has 2 aromatic heterocycles. The number of hydrogen-bond acceptors (Lipinski definition) is 3. The highest BCUT2D eigenvalue weighted by Crippen LogP contribution is 2.30. The molecule has 1 N–H and O–H groups in total. The van der Waals surface area contributed by atoms with Crippen molar-refractivity contribution in [3.05, 3.63) is 39.3 Å². The SMILES string of the molecule is O=C(CCc1n[nH]c2c1CCCC2)N(Cc1ccsc1)C1CC1. The van der Waals surface area contributed by atoms with Crippen molar-refractivity contribution in [3.63, 3.8) is 0 Å². The van der Waals surface area contributed by atoms with Crippen molar-refractivity contribution in [1.82, 2.24) is 15.1 Å². The van der Waals surface area contributed by atoms with Crippen molar-refractivity contribution >= 4 is 17.2 Å². The van der Waals surface area contributed by atoms with Crippen LogP contribution >= 0.6 is 11.3 Å². The summed E-state index contributed by atoms with van der Waals surface area (Å²) in [5, 5.41) is 11.9. The number of aromatic nitrogens is 2. The molecule has 0 unspecified atom stereocenters. The van der Waals surface area contributed by atoms with Crippen molar-refractivity contribution in [2.75, 3.05) is 0 Å². The number of hydrogen-bond donors (Lipinski definition) is 1. The summed E-state index contributed by atoms with van der Waals surface area (Å²) in [6.07, 6.45) is 8.42. The molecule has 1 fully saturated rings. The van der Waals surface area contributed by atoms with Crippen LogP contribution in [0.15, 0.2) is 16.8 Å². The van der Waals surface area contributed by atoms with Crippen LogP contribution in [0.2, 0.25) is 0 Å². The van der Waals surface area contributed by atoms with Crippen LogP contribution in [-0.2, 0) is 30.6 Å². The molecule has 0 radical (unpaired) electrons. The standard InChI is InChI=1S/C18H23N3OS/c22-18(21(14-5-6-14)11-13-9-10-23-12-13)8-7-17-15-3-1-2-4-16(15)19-20-17/h9-10,12,14H,1-8,11H2,(H,19,20). The first kappa shape index (κ1) is 14.9. The van der Waals surface area contributed by atoms with Crippen LogP contribution in [-0.4, -0.2) is 27.0 Å². The summed E-state index contributed by atoms with van der Waals surface area (Å²) in [5.74, 6) is 0.284. The van der Waals surface area contributed by atoms with Gasteiger partial charge in [-0.25, -0.2) is 0 Å². The largest absolute Gasteiger partial charge is 0.335 e. The third kappa shape index (κ3) is 3.34. The van der Waals surface area contributed by atoms with E-state index in [1.165, 1.54) is 29.7 Å². The van der Waals surface area contributed by atoms with Crippen LogP contribution in [0, 0.1) is 0 Å². The summed E-state index contributed by atoms with van der Waals surface area (Å²) >= 11 is 1.70. The lowest BCUT2D eigenvalue weighted by Crippen LogP contribution is -2.32. The number of H-pyrrole nitrogens is 1. The Morgan fingerprint density at radius 2 is 2.22 bits per heavy atom. The summed E-state index contributed by atoms with van der Waals surface area (Å²) in [6, 6.07) is 2.59. The maximum Gasteiger partial charge on any atom is 0.223 e. The minimum Gasteiger partial charge on any atom is -0.335 e. The third-order valence-electron chi connectivity index (χ3n) is 4.96. The molecule has 0 aliphatic heterocycles. The van der Waals surface area contributed by atoms with Crippen molar-refractivity contribution in [2.45, 2.75) is 64.0 Å². The predicted octanol–water partition coefficient (Wildman–Crippen LogP) is 3.47. The van der Waals surface area contributed by atoms with Crippen LogP contribution < -0.4 is 0 Å². The second kappa shape index (κ2) is 6.48. The summed E-state index contributed by atoms with van der Waals surface area (Å²) in [5.41, 5.74) is 5.07. The smallest absolute Gasteiger partial charge is 0.223 e. The van der Waals surface area contributed by atoms with E-state index in [9.17, 15) is 4.79 Å². The Morgan fingerprint density at radius 1 is 1.35 bits per heavy atom. The Morgan fingerprint density at radius 3 is 3.00 bits per heavy atom. The molecule has 0 aromatic carbocycles. The van der Waals surface area contributed by atoms with Gasteiger partial charge in [0.1, 0.15) is 0 Å². The number of carbonyl (C=O) groups is 1. The first-order valence-corrected chi connectivity index (χ1v) is 9.61. The number of aromatic amines is 1. The summed E-state index contributed by atoms with van der Waals surface area (Å²) in [6.45, 7) is 0.770. The minimum atomic E-state index is 0.284. The lowest BCUT2D eigenvalue weighted by molar-refractivity contribution is -0.132. The van der Waals surface area contributed by atoms with Crippen LogP contribution in [0.3, 0.4) is 0 Å². The van der Waals surface area contributed by atoms with E-state index in [1.54, 1.807) is 11.3 Å². The van der Waals surface area contributed by atoms with Crippen LogP contribution in [0.1, 0.15) is 54.6 Å². The van der Waals surface area contributed by atoms with E-state index in [-0.39, 0.29) is 5.91 Å². The second-order valence-corrected chi connectivity index (χ2v) is 7.50. The molecular weight excluding hydrogens is 306 g/mol. The fourth-order valence-corrected chi connectivity index (χ4v) is 4.17. The average Bonchev–Trinajstić information content (AvgIpc) is 3.12. The molecule has 122 valence electrons. The molecule has 0 saturated heterocycles. The van der Waals surface area contributed by atoms with Gasteiger partial charge in [-0.1, -0.05) is 0 Å². The molecule has 2 heterocycles. The third-order valence-corrected chi connectivity index (χ3v) is 5.69. The summed E-state index contributed by atoms with van der Waals surface area (Å²) in [4.78, 5) is 14.8. The number of thiophene rings is 1. The zero-order valence-electron chi connectivity index (χ0n) is 13.4. The molecule has 1 amide bonds. The lowest BCUT2D eigenvalue weighted by atomic mass is 9.94. The van der Waals surface area contributed by atoms with Gasteiger partial charge in [-0.15, -0.1) is 0 Å². The first-order chi connectivity index (χ1) is 11.3. The topological polar surface area (TPSA) is 49.0 Å². The van der Waals surface area contributed by atoms with E-state index < -0.39 is 0 Å². The highest BCUT2D eigenvalue weighted by Gasteiger charge is 2.32. The van der Waals surface area contributed by atoms with Crippen molar-refractivity contribution < 1.29 is 4.79 Å². The Labute approximate surface area is 140 Å². The predicted molar refractivity (Wildman–Crippen MR) is 91.4 cm³/mol. The Bertz CT molecular complexity index is 673. The quantitative estimate of drug-likeness (QED) is 0.882. The van der Waals surface area contributed by atoms with E-state index in [0.29, 0.717) is 12.5 Å². The fourth-order valence-electron chi connectivity index (χ4n) is 3.51. The van der Waals surface area contributed by atoms with Crippen LogP contribution in [0.5, 0.6) is 0 Å². The highest BCUT2D eigenvalue weighted by molar-refractivity contribution is 7.07. The molecule has 4 rings (SSSR count). The van der Waals surface area contributed by atoms with Gasteiger partial charge in [-0.05, 0) is 66.5 Å². The van der Waals surface area contributed by atoms with Crippen molar-refractivity contribution in [2.24, 2.45) is 0 Å². The molecule has 1 saturated carbocycles. The number of carbonyl (C=O) groups excluding carboxylic acids is 1. The van der Waals surface area contributed by atoms with E-state index in [1.807, 2.05) is 0 Å². The van der Waals surface area contributed by atoms with Gasteiger partial charge < -0.3 is 4.90 Å². The van der Waals surface area contributed by atoms with Gasteiger partial charge in [0.05, 0.1) is 5.69 Å². The fraction of sp³-hybridized carbons (Fsp3) is 0.556. The van der Waals surface area contributed by atoms with Gasteiger partial charge in [0, 0.05) is 31.1 Å². The molecule has 0 atom stereocenters. The van der Waals surface area contributed by atoms with E-state index >= 15 is 0 Å². The molecule has 0 bridgehead atoms. The molecule has 2 aliphatic rings. The van der Waals surface area contributed by atoms with Gasteiger partial charge in [0.2, 0.25) is 5.91 Å². The molecule has 4 nitrogen and oxygen atoms in total.